The summed E-state index contributed by atoms with van der Waals surface area (Å²) in [7, 11) is 1.59. The predicted molar refractivity (Wildman–Crippen MR) is 55.6 cm³/mol. The molecule has 0 radical (unpaired) electrons. The molecule has 78 valence electrons. The summed E-state index contributed by atoms with van der Waals surface area (Å²) in [4.78, 5) is 8.14. The van der Waals surface area contributed by atoms with Crippen molar-refractivity contribution in [2.75, 3.05) is 32.1 Å². The standard InChI is InChI=1S/C9H16N4O/c1-3-10-4-5-11-9-12-6-8(14-2)7-13-9/h6-7,10H,3-5H2,1-2H3,(H,11,12,13). The molecule has 0 aliphatic heterocycles. The molecule has 0 saturated heterocycles. The van der Waals surface area contributed by atoms with Gasteiger partial charge in [0.2, 0.25) is 5.95 Å². The summed E-state index contributed by atoms with van der Waals surface area (Å²) in [5.41, 5.74) is 0. The minimum Gasteiger partial charge on any atom is -0.494 e. The van der Waals surface area contributed by atoms with Gasteiger partial charge in [0.1, 0.15) is 0 Å². The van der Waals surface area contributed by atoms with Crippen LogP contribution in [0.3, 0.4) is 0 Å². The number of nitrogens with zero attached hydrogens (tertiary/aromatic N) is 2. The molecule has 5 heteroatoms. The Balaban J connectivity index is 2.29. The van der Waals surface area contributed by atoms with Crippen molar-refractivity contribution in [3.05, 3.63) is 12.4 Å². The summed E-state index contributed by atoms with van der Waals surface area (Å²) in [5, 5.41) is 6.29. The lowest BCUT2D eigenvalue weighted by Crippen LogP contribution is -2.22. The van der Waals surface area contributed by atoms with E-state index in [2.05, 4.69) is 27.5 Å². The molecule has 0 saturated carbocycles. The summed E-state index contributed by atoms with van der Waals surface area (Å²) in [6.07, 6.45) is 3.28. The van der Waals surface area contributed by atoms with E-state index in [0.29, 0.717) is 11.7 Å². The fourth-order valence-corrected chi connectivity index (χ4v) is 0.952. The van der Waals surface area contributed by atoms with E-state index in [-0.39, 0.29) is 0 Å². The molecule has 0 atom stereocenters. The molecule has 0 spiro atoms. The Morgan fingerprint density at radius 3 is 2.57 bits per heavy atom. The van der Waals surface area contributed by atoms with Crippen LogP contribution in [-0.2, 0) is 0 Å². The van der Waals surface area contributed by atoms with Gasteiger partial charge in [-0.1, -0.05) is 6.92 Å². The van der Waals surface area contributed by atoms with Gasteiger partial charge in [0.15, 0.2) is 5.75 Å². The number of rotatable bonds is 6. The first-order valence-electron chi connectivity index (χ1n) is 4.67. The summed E-state index contributed by atoms with van der Waals surface area (Å²) in [6, 6.07) is 0. The van der Waals surface area contributed by atoms with Crippen LogP contribution < -0.4 is 15.4 Å². The van der Waals surface area contributed by atoms with Gasteiger partial charge in [-0.05, 0) is 6.54 Å². The van der Waals surface area contributed by atoms with E-state index in [1.54, 1.807) is 19.5 Å². The van der Waals surface area contributed by atoms with Gasteiger partial charge in [0.05, 0.1) is 19.5 Å². The number of hydrogen-bond donors (Lipinski definition) is 2. The SMILES string of the molecule is CCNCCNc1ncc(OC)cn1. The van der Waals surface area contributed by atoms with Gasteiger partial charge in [-0.15, -0.1) is 0 Å². The van der Waals surface area contributed by atoms with E-state index in [1.807, 2.05) is 0 Å². The Hall–Kier alpha value is -1.36. The van der Waals surface area contributed by atoms with E-state index < -0.39 is 0 Å². The molecule has 2 N–H and O–H groups in total. The van der Waals surface area contributed by atoms with Gasteiger partial charge in [0, 0.05) is 13.1 Å². The van der Waals surface area contributed by atoms with E-state index in [9.17, 15) is 0 Å². The van der Waals surface area contributed by atoms with Gasteiger partial charge in [0.25, 0.3) is 0 Å². The zero-order valence-corrected chi connectivity index (χ0v) is 8.58. The van der Waals surface area contributed by atoms with Crippen molar-refractivity contribution in [1.82, 2.24) is 15.3 Å². The normalized spacial score (nSPS) is 9.86. The minimum atomic E-state index is 0.628. The monoisotopic (exact) mass is 196 g/mol. The first kappa shape index (κ1) is 10.7. The van der Waals surface area contributed by atoms with Crippen LogP contribution in [0, 0.1) is 0 Å². The van der Waals surface area contributed by atoms with Crippen molar-refractivity contribution < 1.29 is 4.74 Å². The van der Waals surface area contributed by atoms with Crippen LogP contribution >= 0.6 is 0 Å². The molecular weight excluding hydrogens is 180 g/mol. The van der Waals surface area contributed by atoms with Crippen LogP contribution in [-0.4, -0.2) is 36.7 Å². The van der Waals surface area contributed by atoms with Crippen molar-refractivity contribution in [1.29, 1.82) is 0 Å². The van der Waals surface area contributed by atoms with E-state index >= 15 is 0 Å². The third-order valence-corrected chi connectivity index (χ3v) is 1.70. The number of nitrogens with one attached hydrogen (secondary N) is 2. The summed E-state index contributed by atoms with van der Waals surface area (Å²) in [6.45, 7) is 4.78. The smallest absolute Gasteiger partial charge is 0.222 e. The van der Waals surface area contributed by atoms with E-state index in [1.165, 1.54) is 0 Å². The van der Waals surface area contributed by atoms with E-state index in [0.717, 1.165) is 19.6 Å². The number of ether oxygens (including phenoxy) is 1. The highest BCUT2D eigenvalue weighted by Crippen LogP contribution is 2.06. The number of aromatic nitrogens is 2. The highest BCUT2D eigenvalue weighted by molar-refractivity contribution is 5.26. The lowest BCUT2D eigenvalue weighted by molar-refractivity contribution is 0.411. The quantitative estimate of drug-likeness (QED) is 0.649. The zero-order valence-electron chi connectivity index (χ0n) is 8.58. The van der Waals surface area contributed by atoms with Crippen LogP contribution in [0.15, 0.2) is 12.4 Å². The van der Waals surface area contributed by atoms with Crippen LogP contribution in [0.25, 0.3) is 0 Å². The summed E-state index contributed by atoms with van der Waals surface area (Å²) >= 11 is 0. The second kappa shape index (κ2) is 6.15. The minimum absolute atomic E-state index is 0.628. The number of likely N-dealkylation sites (N-methyl/N-ethyl adjacent to an activating group) is 1. The lowest BCUT2D eigenvalue weighted by Gasteiger charge is -2.05. The lowest BCUT2D eigenvalue weighted by atomic mass is 10.5. The van der Waals surface area contributed by atoms with Crippen LogP contribution in [0.1, 0.15) is 6.92 Å². The molecule has 1 heterocycles. The highest BCUT2D eigenvalue weighted by Gasteiger charge is 1.95. The Bertz CT molecular complexity index is 249. The molecule has 0 aliphatic rings. The molecule has 1 rings (SSSR count). The molecule has 0 unspecified atom stereocenters. The summed E-state index contributed by atoms with van der Waals surface area (Å²) < 4.78 is 4.95. The van der Waals surface area contributed by atoms with Crippen molar-refractivity contribution in [2.24, 2.45) is 0 Å². The molecular formula is C9H16N4O. The van der Waals surface area contributed by atoms with Crippen molar-refractivity contribution in [2.45, 2.75) is 6.92 Å². The molecule has 1 aromatic rings. The van der Waals surface area contributed by atoms with Gasteiger partial charge < -0.3 is 15.4 Å². The van der Waals surface area contributed by atoms with Crippen LogP contribution in [0.4, 0.5) is 5.95 Å². The molecule has 14 heavy (non-hydrogen) atoms. The molecule has 0 amide bonds. The van der Waals surface area contributed by atoms with Crippen molar-refractivity contribution in [3.63, 3.8) is 0 Å². The first-order valence-corrected chi connectivity index (χ1v) is 4.67. The van der Waals surface area contributed by atoms with Crippen molar-refractivity contribution in [3.8, 4) is 5.75 Å². The average molecular weight is 196 g/mol. The number of hydrogen-bond acceptors (Lipinski definition) is 5. The molecule has 0 fully saturated rings. The average Bonchev–Trinajstić information content (AvgIpc) is 2.25. The Labute approximate surface area is 83.9 Å². The van der Waals surface area contributed by atoms with Crippen molar-refractivity contribution >= 4 is 5.95 Å². The maximum Gasteiger partial charge on any atom is 0.222 e. The summed E-state index contributed by atoms with van der Waals surface area (Å²) in [5.74, 6) is 1.30. The maximum absolute atomic E-state index is 4.95. The number of methoxy groups -OCH3 is 1. The molecule has 5 nitrogen and oxygen atoms in total. The second-order valence-corrected chi connectivity index (χ2v) is 2.73. The topological polar surface area (TPSA) is 59.1 Å². The number of anilines is 1. The third-order valence-electron chi connectivity index (χ3n) is 1.70. The van der Waals surface area contributed by atoms with Gasteiger partial charge >= 0.3 is 0 Å². The maximum atomic E-state index is 4.95. The molecule has 0 bridgehead atoms. The Morgan fingerprint density at radius 2 is 2.00 bits per heavy atom. The third kappa shape index (κ3) is 3.57. The fraction of sp³-hybridized carbons (Fsp3) is 0.556. The predicted octanol–water partition coefficient (Wildman–Crippen LogP) is 0.507. The van der Waals surface area contributed by atoms with Crippen LogP contribution in [0.5, 0.6) is 5.75 Å². The Kier molecular flexibility index (Phi) is 4.71. The van der Waals surface area contributed by atoms with E-state index in [4.69, 9.17) is 4.74 Å². The second-order valence-electron chi connectivity index (χ2n) is 2.73. The molecule has 1 aromatic heterocycles. The molecule has 0 aliphatic carbocycles. The largest absolute Gasteiger partial charge is 0.494 e. The Morgan fingerprint density at radius 1 is 1.29 bits per heavy atom. The fourth-order valence-electron chi connectivity index (χ4n) is 0.952. The highest BCUT2D eigenvalue weighted by atomic mass is 16.5. The van der Waals surface area contributed by atoms with Gasteiger partial charge in [-0.3, -0.25) is 0 Å². The van der Waals surface area contributed by atoms with Gasteiger partial charge in [-0.25, -0.2) is 9.97 Å². The first-order chi connectivity index (χ1) is 6.86. The van der Waals surface area contributed by atoms with Crippen LogP contribution in [0.2, 0.25) is 0 Å². The zero-order chi connectivity index (χ0) is 10.2. The van der Waals surface area contributed by atoms with Gasteiger partial charge in [-0.2, -0.15) is 0 Å². The molecule has 0 aromatic carbocycles.